The molecule has 0 spiro atoms. The van der Waals surface area contributed by atoms with Gasteiger partial charge in [-0.2, -0.15) is 0 Å². The minimum absolute atomic E-state index is 0.160. The summed E-state index contributed by atoms with van der Waals surface area (Å²) in [7, 11) is 1.26. The quantitative estimate of drug-likeness (QED) is 0.551. The number of methoxy groups -OCH3 is 1. The lowest BCUT2D eigenvalue weighted by Gasteiger charge is -2.26. The highest BCUT2D eigenvalue weighted by Gasteiger charge is 2.23. The van der Waals surface area contributed by atoms with Gasteiger partial charge in [0, 0.05) is 13.0 Å². The van der Waals surface area contributed by atoms with Crippen molar-refractivity contribution in [3.05, 3.63) is 0 Å². The Morgan fingerprint density at radius 1 is 1.35 bits per heavy atom. The molecule has 17 heavy (non-hydrogen) atoms. The van der Waals surface area contributed by atoms with Gasteiger partial charge in [0.1, 0.15) is 12.1 Å². The zero-order valence-electron chi connectivity index (χ0n) is 10.8. The number of rotatable bonds is 4. The summed E-state index contributed by atoms with van der Waals surface area (Å²) in [6.07, 6.45) is 4.91. The molecule has 0 rings (SSSR count). The lowest BCUT2D eigenvalue weighted by atomic mass is 10.2. The number of amides is 1. The Hall–Kier alpha value is -1.70. The van der Waals surface area contributed by atoms with E-state index in [2.05, 4.69) is 10.7 Å². The fourth-order valence-electron chi connectivity index (χ4n) is 0.981. The molecule has 0 aliphatic carbocycles. The molecule has 0 atom stereocenters. The molecule has 0 radical (unpaired) electrons. The van der Waals surface area contributed by atoms with E-state index in [1.165, 1.54) is 12.0 Å². The van der Waals surface area contributed by atoms with Crippen LogP contribution < -0.4 is 0 Å². The third-order valence-corrected chi connectivity index (χ3v) is 1.73. The lowest BCUT2D eigenvalue weighted by Crippen LogP contribution is -2.40. The van der Waals surface area contributed by atoms with Crippen molar-refractivity contribution in [2.75, 3.05) is 20.2 Å². The Balaban J connectivity index is 4.51. The molecule has 5 heteroatoms. The second-order valence-electron chi connectivity index (χ2n) is 4.43. The molecule has 0 aliphatic rings. The molecular weight excluding hydrogens is 222 g/mol. The normalized spacial score (nSPS) is 10.3. The molecule has 1 amide bonds. The van der Waals surface area contributed by atoms with Gasteiger partial charge in [0.05, 0.1) is 7.11 Å². The van der Waals surface area contributed by atoms with E-state index in [9.17, 15) is 9.59 Å². The summed E-state index contributed by atoms with van der Waals surface area (Å²) in [5, 5.41) is 0. The van der Waals surface area contributed by atoms with E-state index in [1.54, 1.807) is 20.8 Å². The van der Waals surface area contributed by atoms with Gasteiger partial charge in [-0.25, -0.2) is 4.79 Å². The zero-order valence-corrected chi connectivity index (χ0v) is 10.8. The third kappa shape index (κ3) is 7.23. The molecule has 0 N–H and O–H groups in total. The fourth-order valence-corrected chi connectivity index (χ4v) is 0.981. The Kier molecular flexibility index (Phi) is 6.11. The number of hydrogen-bond donors (Lipinski definition) is 0. The summed E-state index contributed by atoms with van der Waals surface area (Å²) in [6.45, 7) is 5.36. The van der Waals surface area contributed by atoms with Gasteiger partial charge in [0.2, 0.25) is 0 Å². The Bertz CT molecular complexity index is 311. The summed E-state index contributed by atoms with van der Waals surface area (Å²) in [4.78, 5) is 24.1. The van der Waals surface area contributed by atoms with Crippen molar-refractivity contribution in [2.24, 2.45) is 0 Å². The van der Waals surface area contributed by atoms with Crippen molar-refractivity contribution in [1.29, 1.82) is 0 Å². The molecule has 0 heterocycles. The predicted molar refractivity (Wildman–Crippen MR) is 63.3 cm³/mol. The van der Waals surface area contributed by atoms with E-state index >= 15 is 0 Å². The van der Waals surface area contributed by atoms with Crippen LogP contribution in [-0.4, -0.2) is 42.8 Å². The Morgan fingerprint density at radius 2 is 1.94 bits per heavy atom. The number of terminal acetylenes is 1. The second-order valence-corrected chi connectivity index (χ2v) is 4.43. The molecule has 96 valence electrons. The molecule has 0 aliphatic heterocycles. The van der Waals surface area contributed by atoms with Crippen LogP contribution in [0.1, 0.15) is 27.2 Å². The van der Waals surface area contributed by atoms with Gasteiger partial charge >= 0.3 is 12.1 Å². The molecule has 0 aromatic rings. The van der Waals surface area contributed by atoms with Crippen LogP contribution >= 0.6 is 0 Å². The van der Waals surface area contributed by atoms with Gasteiger partial charge in [-0.1, -0.05) is 0 Å². The number of nitrogens with zero attached hydrogens (tertiary/aromatic N) is 1. The first-order valence-corrected chi connectivity index (χ1v) is 5.28. The maximum Gasteiger partial charge on any atom is 0.410 e. The number of hydrogen-bond acceptors (Lipinski definition) is 4. The van der Waals surface area contributed by atoms with Gasteiger partial charge in [-0.3, -0.25) is 9.69 Å². The monoisotopic (exact) mass is 241 g/mol. The maximum atomic E-state index is 11.7. The zero-order chi connectivity index (χ0) is 13.5. The van der Waals surface area contributed by atoms with Crippen molar-refractivity contribution in [3.8, 4) is 12.3 Å². The molecule has 5 nitrogen and oxygen atoms in total. The van der Waals surface area contributed by atoms with Crippen LogP contribution in [0.3, 0.4) is 0 Å². The van der Waals surface area contributed by atoms with Gasteiger partial charge in [0.15, 0.2) is 0 Å². The summed E-state index contributed by atoms with van der Waals surface area (Å²) < 4.78 is 9.65. The van der Waals surface area contributed by atoms with Gasteiger partial charge in [-0.05, 0) is 20.8 Å². The first kappa shape index (κ1) is 15.3. The SMILES string of the molecule is C#CCCN(CC(=O)OC)C(=O)OC(C)(C)C. The largest absolute Gasteiger partial charge is 0.468 e. The smallest absolute Gasteiger partial charge is 0.410 e. The highest BCUT2D eigenvalue weighted by Crippen LogP contribution is 2.10. The standard InChI is InChI=1S/C12H19NO4/c1-6-7-8-13(9-10(14)16-5)11(15)17-12(2,3)4/h1H,7-9H2,2-5H3. The average Bonchev–Trinajstić information content (AvgIpc) is 2.21. The van der Waals surface area contributed by atoms with E-state index in [1.807, 2.05) is 0 Å². The van der Waals surface area contributed by atoms with Crippen LogP contribution in [0.25, 0.3) is 0 Å². The van der Waals surface area contributed by atoms with Crippen LogP contribution in [-0.2, 0) is 14.3 Å². The van der Waals surface area contributed by atoms with Crippen molar-refractivity contribution < 1.29 is 19.1 Å². The van der Waals surface area contributed by atoms with Crippen molar-refractivity contribution in [3.63, 3.8) is 0 Å². The second kappa shape index (κ2) is 6.79. The van der Waals surface area contributed by atoms with Crippen molar-refractivity contribution in [1.82, 2.24) is 4.90 Å². The molecule has 0 fully saturated rings. The van der Waals surface area contributed by atoms with E-state index in [4.69, 9.17) is 11.2 Å². The molecule has 0 saturated carbocycles. The molecule has 0 saturated heterocycles. The van der Waals surface area contributed by atoms with Gasteiger partial charge in [0.25, 0.3) is 0 Å². The predicted octanol–water partition coefficient (Wildman–Crippen LogP) is 1.42. The van der Waals surface area contributed by atoms with Crippen LogP contribution in [0.4, 0.5) is 4.79 Å². The highest BCUT2D eigenvalue weighted by atomic mass is 16.6. The van der Waals surface area contributed by atoms with E-state index in [-0.39, 0.29) is 13.1 Å². The Morgan fingerprint density at radius 3 is 2.35 bits per heavy atom. The molecular formula is C12H19NO4. The minimum atomic E-state index is -0.610. The minimum Gasteiger partial charge on any atom is -0.468 e. The third-order valence-electron chi connectivity index (χ3n) is 1.73. The van der Waals surface area contributed by atoms with Crippen LogP contribution in [0.2, 0.25) is 0 Å². The summed E-state index contributed by atoms with van der Waals surface area (Å²) >= 11 is 0. The number of carbonyl (C=O) groups excluding carboxylic acids is 2. The number of esters is 1. The fraction of sp³-hybridized carbons (Fsp3) is 0.667. The van der Waals surface area contributed by atoms with Crippen molar-refractivity contribution >= 4 is 12.1 Å². The lowest BCUT2D eigenvalue weighted by molar-refractivity contribution is -0.141. The average molecular weight is 241 g/mol. The first-order valence-electron chi connectivity index (χ1n) is 5.28. The molecule has 0 aromatic heterocycles. The summed E-state index contributed by atoms with van der Waals surface area (Å²) in [5.74, 6) is 1.90. The van der Waals surface area contributed by atoms with E-state index in [0.29, 0.717) is 6.42 Å². The van der Waals surface area contributed by atoms with Crippen molar-refractivity contribution in [2.45, 2.75) is 32.8 Å². The van der Waals surface area contributed by atoms with Gasteiger partial charge < -0.3 is 9.47 Å². The van der Waals surface area contributed by atoms with Gasteiger partial charge in [-0.15, -0.1) is 12.3 Å². The van der Waals surface area contributed by atoms with Crippen LogP contribution in [0.15, 0.2) is 0 Å². The topological polar surface area (TPSA) is 55.8 Å². The van der Waals surface area contributed by atoms with E-state index < -0.39 is 17.7 Å². The Labute approximate surface area is 102 Å². The first-order chi connectivity index (χ1) is 7.80. The number of carbonyl (C=O) groups is 2. The maximum absolute atomic E-state index is 11.7. The number of ether oxygens (including phenoxy) is 2. The van der Waals surface area contributed by atoms with Crippen LogP contribution in [0, 0.1) is 12.3 Å². The van der Waals surface area contributed by atoms with Crippen LogP contribution in [0.5, 0.6) is 0 Å². The summed E-state index contributed by atoms with van der Waals surface area (Å²) in [5.41, 5.74) is -0.610. The molecule has 0 bridgehead atoms. The highest BCUT2D eigenvalue weighted by molar-refractivity contribution is 5.78. The molecule has 0 aromatic carbocycles. The van der Waals surface area contributed by atoms with E-state index in [0.717, 1.165) is 0 Å². The summed E-state index contributed by atoms with van der Waals surface area (Å²) in [6, 6.07) is 0. The molecule has 0 unspecified atom stereocenters.